The molecule has 1 saturated heterocycles. The van der Waals surface area contributed by atoms with Crippen LogP contribution >= 0.6 is 24.0 Å². The van der Waals surface area contributed by atoms with Crippen LogP contribution in [0.1, 0.15) is 44.4 Å². The number of aromatic nitrogens is 2. The van der Waals surface area contributed by atoms with Gasteiger partial charge in [-0.15, -0.1) is 24.0 Å². The van der Waals surface area contributed by atoms with Crippen LogP contribution in [0.5, 0.6) is 0 Å². The van der Waals surface area contributed by atoms with Crippen molar-refractivity contribution in [2.24, 2.45) is 18.0 Å². The number of anilines is 1. The van der Waals surface area contributed by atoms with E-state index in [-0.39, 0.29) is 24.0 Å². The molecule has 1 aliphatic rings. The van der Waals surface area contributed by atoms with Gasteiger partial charge in [0.2, 0.25) is 0 Å². The molecule has 0 bridgehead atoms. The summed E-state index contributed by atoms with van der Waals surface area (Å²) in [5, 5.41) is 8.10. The lowest BCUT2D eigenvalue weighted by molar-refractivity contribution is 0.469. The Morgan fingerprint density at radius 3 is 2.70 bits per heavy atom. The summed E-state index contributed by atoms with van der Waals surface area (Å²) in [5.74, 6) is 1.99. The highest BCUT2D eigenvalue weighted by molar-refractivity contribution is 14.0. The van der Waals surface area contributed by atoms with E-state index < -0.39 is 0 Å². The molecule has 1 atom stereocenters. The lowest BCUT2D eigenvalue weighted by Gasteiger charge is -2.23. The number of nitrogens with one attached hydrogen (secondary N) is 1. The van der Waals surface area contributed by atoms with Crippen LogP contribution in [0.25, 0.3) is 0 Å². The van der Waals surface area contributed by atoms with Gasteiger partial charge in [-0.3, -0.25) is 9.67 Å². The minimum atomic E-state index is 0. The van der Waals surface area contributed by atoms with E-state index in [1.54, 1.807) is 0 Å². The number of guanidine groups is 1. The standard InChI is InChI=1S/C23H36N6.HI/c1-6-24-23(27(4)16-20-17-28(5)26-22(20)18(2)3)25-14-19-12-13-29(15-19)21-10-8-7-9-11-21;/h7-11,17-19H,6,12-16H2,1-5H3,(H,24,25);1H. The van der Waals surface area contributed by atoms with Crippen molar-refractivity contribution in [3.05, 3.63) is 47.8 Å². The Kier molecular flexibility index (Phi) is 9.45. The first-order chi connectivity index (χ1) is 14.0. The normalized spacial score (nSPS) is 16.7. The van der Waals surface area contributed by atoms with Crippen LogP contribution in [0, 0.1) is 5.92 Å². The molecular weight excluding hydrogens is 487 g/mol. The second kappa shape index (κ2) is 11.6. The van der Waals surface area contributed by atoms with E-state index in [9.17, 15) is 0 Å². The maximum atomic E-state index is 4.98. The third kappa shape index (κ3) is 6.36. The molecule has 1 aromatic heterocycles. The van der Waals surface area contributed by atoms with Gasteiger partial charge in [-0.2, -0.15) is 5.10 Å². The van der Waals surface area contributed by atoms with Crippen molar-refractivity contribution < 1.29 is 0 Å². The number of hydrogen-bond donors (Lipinski definition) is 1. The van der Waals surface area contributed by atoms with Crippen LogP contribution in [-0.2, 0) is 13.6 Å². The molecule has 0 aliphatic carbocycles. The summed E-state index contributed by atoms with van der Waals surface area (Å²) in [5.41, 5.74) is 3.76. The largest absolute Gasteiger partial charge is 0.371 e. The molecule has 1 N–H and O–H groups in total. The third-order valence-corrected chi connectivity index (χ3v) is 5.49. The van der Waals surface area contributed by atoms with Crippen LogP contribution in [0.3, 0.4) is 0 Å². The molecule has 0 saturated carbocycles. The number of rotatable bonds is 7. The Morgan fingerprint density at radius 2 is 2.03 bits per heavy atom. The highest BCUT2D eigenvalue weighted by Crippen LogP contribution is 2.24. The predicted octanol–water partition coefficient (Wildman–Crippen LogP) is 4.09. The summed E-state index contributed by atoms with van der Waals surface area (Å²) >= 11 is 0. The Labute approximate surface area is 198 Å². The molecule has 0 radical (unpaired) electrons. The SMILES string of the molecule is CCNC(=NCC1CCN(c2ccccc2)C1)N(C)Cc1cn(C)nc1C(C)C.I. The first kappa shape index (κ1) is 24.5. The highest BCUT2D eigenvalue weighted by atomic mass is 127. The molecular formula is C23H37IN6. The summed E-state index contributed by atoms with van der Waals surface area (Å²) < 4.78 is 1.92. The van der Waals surface area contributed by atoms with E-state index >= 15 is 0 Å². The second-order valence-corrected chi connectivity index (χ2v) is 8.35. The van der Waals surface area contributed by atoms with Gasteiger partial charge in [-0.1, -0.05) is 32.0 Å². The van der Waals surface area contributed by atoms with E-state index in [1.165, 1.54) is 23.4 Å². The molecule has 166 valence electrons. The summed E-state index contributed by atoms with van der Waals surface area (Å²) in [4.78, 5) is 9.67. The van der Waals surface area contributed by atoms with Crippen LogP contribution < -0.4 is 10.2 Å². The van der Waals surface area contributed by atoms with Gasteiger partial charge in [0, 0.05) is 64.3 Å². The lowest BCUT2D eigenvalue weighted by Crippen LogP contribution is -2.39. The highest BCUT2D eigenvalue weighted by Gasteiger charge is 2.23. The van der Waals surface area contributed by atoms with Gasteiger partial charge in [-0.05, 0) is 37.3 Å². The van der Waals surface area contributed by atoms with Crippen molar-refractivity contribution in [2.75, 3.05) is 38.1 Å². The smallest absolute Gasteiger partial charge is 0.193 e. The average Bonchev–Trinajstić information content (AvgIpc) is 3.32. The van der Waals surface area contributed by atoms with Crippen molar-refractivity contribution in [1.82, 2.24) is 20.0 Å². The first-order valence-corrected chi connectivity index (χ1v) is 10.8. The Bertz CT molecular complexity index is 801. The van der Waals surface area contributed by atoms with Crippen molar-refractivity contribution in [2.45, 2.75) is 39.7 Å². The zero-order chi connectivity index (χ0) is 20.8. The number of hydrogen-bond acceptors (Lipinski definition) is 3. The Hall–Kier alpha value is -1.77. The van der Waals surface area contributed by atoms with Gasteiger partial charge in [0.05, 0.1) is 5.69 Å². The molecule has 7 heteroatoms. The van der Waals surface area contributed by atoms with E-state index in [0.717, 1.165) is 38.7 Å². The third-order valence-electron chi connectivity index (χ3n) is 5.49. The molecule has 30 heavy (non-hydrogen) atoms. The molecule has 2 aromatic rings. The number of nitrogens with zero attached hydrogens (tertiary/aromatic N) is 5. The van der Waals surface area contributed by atoms with Crippen LogP contribution in [0.15, 0.2) is 41.5 Å². The van der Waals surface area contributed by atoms with Gasteiger partial charge in [0.1, 0.15) is 0 Å². The summed E-state index contributed by atoms with van der Waals surface area (Å²) in [6, 6.07) is 10.7. The van der Waals surface area contributed by atoms with Gasteiger partial charge in [-0.25, -0.2) is 0 Å². The summed E-state index contributed by atoms with van der Waals surface area (Å²) in [6.07, 6.45) is 3.33. The van der Waals surface area contributed by atoms with Crippen molar-refractivity contribution in [3.63, 3.8) is 0 Å². The molecule has 3 rings (SSSR count). The zero-order valence-electron chi connectivity index (χ0n) is 19.0. The molecule has 1 aliphatic heterocycles. The van der Waals surface area contributed by atoms with Gasteiger partial charge in [0.15, 0.2) is 5.96 Å². The second-order valence-electron chi connectivity index (χ2n) is 8.35. The topological polar surface area (TPSA) is 48.7 Å². The molecule has 0 spiro atoms. The van der Waals surface area contributed by atoms with E-state index in [4.69, 9.17) is 4.99 Å². The van der Waals surface area contributed by atoms with Gasteiger partial charge >= 0.3 is 0 Å². The van der Waals surface area contributed by atoms with Crippen LogP contribution in [0.4, 0.5) is 5.69 Å². The molecule has 2 heterocycles. The number of aryl methyl sites for hydroxylation is 1. The average molecular weight is 524 g/mol. The Morgan fingerprint density at radius 1 is 1.30 bits per heavy atom. The van der Waals surface area contributed by atoms with Gasteiger partial charge < -0.3 is 15.1 Å². The minimum absolute atomic E-state index is 0. The summed E-state index contributed by atoms with van der Waals surface area (Å²) in [6.45, 7) is 11.3. The molecule has 6 nitrogen and oxygen atoms in total. The van der Waals surface area contributed by atoms with E-state index in [0.29, 0.717) is 11.8 Å². The van der Waals surface area contributed by atoms with Crippen molar-refractivity contribution >= 4 is 35.6 Å². The van der Waals surface area contributed by atoms with Crippen LogP contribution in [-0.4, -0.2) is 53.9 Å². The first-order valence-electron chi connectivity index (χ1n) is 10.8. The van der Waals surface area contributed by atoms with Crippen LogP contribution in [0.2, 0.25) is 0 Å². The summed E-state index contributed by atoms with van der Waals surface area (Å²) in [7, 11) is 4.11. The molecule has 0 amide bonds. The monoisotopic (exact) mass is 524 g/mol. The quantitative estimate of drug-likeness (QED) is 0.337. The minimum Gasteiger partial charge on any atom is -0.371 e. The van der Waals surface area contributed by atoms with E-state index in [1.807, 2.05) is 11.7 Å². The molecule has 1 aromatic carbocycles. The van der Waals surface area contributed by atoms with Crippen molar-refractivity contribution in [1.29, 1.82) is 0 Å². The fourth-order valence-electron chi connectivity index (χ4n) is 4.03. The lowest BCUT2D eigenvalue weighted by atomic mass is 10.1. The number of benzene rings is 1. The fraction of sp³-hybridized carbons (Fsp3) is 0.565. The van der Waals surface area contributed by atoms with Crippen molar-refractivity contribution in [3.8, 4) is 0 Å². The number of aliphatic imine (C=N–C) groups is 1. The van der Waals surface area contributed by atoms with E-state index in [2.05, 4.69) is 84.6 Å². The molecule has 1 unspecified atom stereocenters. The maximum absolute atomic E-state index is 4.98. The zero-order valence-corrected chi connectivity index (χ0v) is 21.3. The molecule has 1 fully saturated rings. The predicted molar refractivity (Wildman–Crippen MR) is 137 cm³/mol. The number of para-hydroxylation sites is 1. The fourth-order valence-corrected chi connectivity index (χ4v) is 4.03. The van der Waals surface area contributed by atoms with Gasteiger partial charge in [0.25, 0.3) is 0 Å². The maximum Gasteiger partial charge on any atom is 0.193 e. The number of halogens is 1. The Balaban J connectivity index is 0.00000320.